The van der Waals surface area contributed by atoms with Crippen molar-refractivity contribution in [1.82, 2.24) is 9.97 Å². The second-order valence-electron chi connectivity index (χ2n) is 3.41. The van der Waals surface area contributed by atoms with Crippen LogP contribution in [0.15, 0.2) is 30.5 Å². The van der Waals surface area contributed by atoms with Crippen molar-refractivity contribution in [2.45, 2.75) is 6.61 Å². The Morgan fingerprint density at radius 3 is 2.59 bits per heavy atom. The lowest BCUT2D eigenvalue weighted by atomic mass is 10.1. The van der Waals surface area contributed by atoms with Gasteiger partial charge in [-0.2, -0.15) is 9.37 Å². The Balaban J connectivity index is 2.38. The van der Waals surface area contributed by atoms with E-state index in [-0.39, 0.29) is 12.5 Å². The summed E-state index contributed by atoms with van der Waals surface area (Å²) < 4.78 is 17.9. The van der Waals surface area contributed by atoms with Gasteiger partial charge < -0.3 is 9.84 Å². The van der Waals surface area contributed by atoms with Gasteiger partial charge in [0.05, 0.1) is 19.9 Å². The predicted molar refractivity (Wildman–Crippen MR) is 59.9 cm³/mol. The molecule has 0 bridgehead atoms. The van der Waals surface area contributed by atoms with Gasteiger partial charge in [0.2, 0.25) is 5.82 Å². The van der Waals surface area contributed by atoms with E-state index in [4.69, 9.17) is 9.84 Å². The minimum Gasteiger partial charge on any atom is -0.479 e. The molecule has 0 radical (unpaired) electrons. The van der Waals surface area contributed by atoms with Crippen LogP contribution in [0, 0.1) is 5.82 Å². The molecule has 4 nitrogen and oxygen atoms in total. The van der Waals surface area contributed by atoms with E-state index in [1.807, 2.05) is 0 Å². The summed E-state index contributed by atoms with van der Waals surface area (Å²) in [6.07, 6.45) is 1.07. The summed E-state index contributed by atoms with van der Waals surface area (Å²) >= 11 is 0. The molecule has 88 valence electrons. The SMILES string of the molecule is COc1nc(-c2ccc(CO)cc2)ncc1F. The van der Waals surface area contributed by atoms with Gasteiger partial charge in [-0.05, 0) is 5.56 Å². The van der Waals surface area contributed by atoms with E-state index in [0.29, 0.717) is 5.82 Å². The Hall–Kier alpha value is -2.01. The van der Waals surface area contributed by atoms with E-state index < -0.39 is 5.82 Å². The van der Waals surface area contributed by atoms with Crippen LogP contribution in [-0.2, 0) is 6.61 Å². The van der Waals surface area contributed by atoms with Crippen LogP contribution in [0.5, 0.6) is 5.88 Å². The number of hydrogen-bond acceptors (Lipinski definition) is 4. The summed E-state index contributed by atoms with van der Waals surface area (Å²) in [7, 11) is 1.35. The highest BCUT2D eigenvalue weighted by Crippen LogP contribution is 2.20. The van der Waals surface area contributed by atoms with Gasteiger partial charge in [0.1, 0.15) is 0 Å². The van der Waals surface area contributed by atoms with E-state index in [9.17, 15) is 4.39 Å². The smallest absolute Gasteiger partial charge is 0.253 e. The molecule has 0 aliphatic heterocycles. The number of benzene rings is 1. The molecule has 0 aliphatic rings. The molecule has 2 rings (SSSR count). The summed E-state index contributed by atoms with van der Waals surface area (Å²) in [5, 5.41) is 8.92. The highest BCUT2D eigenvalue weighted by atomic mass is 19.1. The van der Waals surface area contributed by atoms with Gasteiger partial charge in [0.25, 0.3) is 5.88 Å². The Labute approximate surface area is 97.7 Å². The first-order valence-electron chi connectivity index (χ1n) is 5.01. The molecule has 5 heteroatoms. The number of methoxy groups -OCH3 is 1. The quantitative estimate of drug-likeness (QED) is 0.879. The summed E-state index contributed by atoms with van der Waals surface area (Å²) in [6.45, 7) is -0.0200. The lowest BCUT2D eigenvalue weighted by Crippen LogP contribution is -1.97. The molecule has 0 saturated heterocycles. The van der Waals surface area contributed by atoms with Crippen molar-refractivity contribution in [3.8, 4) is 17.3 Å². The lowest BCUT2D eigenvalue weighted by Gasteiger charge is -2.04. The highest BCUT2D eigenvalue weighted by molar-refractivity contribution is 5.55. The second-order valence-corrected chi connectivity index (χ2v) is 3.41. The maximum atomic E-state index is 13.1. The number of aromatic nitrogens is 2. The molecule has 0 saturated carbocycles. The Kier molecular flexibility index (Phi) is 3.30. The third kappa shape index (κ3) is 2.39. The van der Waals surface area contributed by atoms with Gasteiger partial charge in [-0.25, -0.2) is 4.98 Å². The zero-order valence-corrected chi connectivity index (χ0v) is 9.22. The first-order valence-corrected chi connectivity index (χ1v) is 5.01. The van der Waals surface area contributed by atoms with E-state index in [1.165, 1.54) is 7.11 Å². The Morgan fingerprint density at radius 1 is 1.29 bits per heavy atom. The molecule has 1 aromatic carbocycles. The second kappa shape index (κ2) is 4.88. The largest absolute Gasteiger partial charge is 0.479 e. The molecule has 1 heterocycles. The molecular formula is C12H11FN2O2. The summed E-state index contributed by atoms with van der Waals surface area (Å²) in [6, 6.07) is 7.04. The minimum absolute atomic E-state index is 0.0200. The number of nitrogens with zero attached hydrogens (tertiary/aromatic N) is 2. The van der Waals surface area contributed by atoms with Crippen LogP contribution < -0.4 is 4.74 Å². The molecule has 0 amide bonds. The maximum Gasteiger partial charge on any atom is 0.253 e. The highest BCUT2D eigenvalue weighted by Gasteiger charge is 2.08. The topological polar surface area (TPSA) is 55.2 Å². The number of ether oxygens (including phenoxy) is 1. The van der Waals surface area contributed by atoms with Gasteiger partial charge in [-0.1, -0.05) is 24.3 Å². The first-order chi connectivity index (χ1) is 8.24. The summed E-state index contributed by atoms with van der Waals surface area (Å²) in [5.41, 5.74) is 1.53. The maximum absolute atomic E-state index is 13.1. The number of hydrogen-bond donors (Lipinski definition) is 1. The average molecular weight is 234 g/mol. The van der Waals surface area contributed by atoms with Gasteiger partial charge >= 0.3 is 0 Å². The molecule has 0 spiro atoms. The van der Waals surface area contributed by atoms with Crippen molar-refractivity contribution in [1.29, 1.82) is 0 Å². The minimum atomic E-state index is -0.594. The van der Waals surface area contributed by atoms with Crippen molar-refractivity contribution in [3.63, 3.8) is 0 Å². The molecule has 17 heavy (non-hydrogen) atoms. The van der Waals surface area contributed by atoms with Crippen LogP contribution >= 0.6 is 0 Å². The van der Waals surface area contributed by atoms with E-state index in [0.717, 1.165) is 17.3 Å². The molecule has 0 aliphatic carbocycles. The Morgan fingerprint density at radius 2 is 2.00 bits per heavy atom. The van der Waals surface area contributed by atoms with E-state index in [2.05, 4.69) is 9.97 Å². The standard InChI is InChI=1S/C12H11FN2O2/c1-17-12-10(13)6-14-11(15-12)9-4-2-8(7-16)3-5-9/h2-6,16H,7H2,1H3. The normalized spacial score (nSPS) is 10.3. The first kappa shape index (κ1) is 11.5. The molecule has 0 fully saturated rings. The van der Waals surface area contributed by atoms with Gasteiger partial charge in [-0.15, -0.1) is 0 Å². The zero-order chi connectivity index (χ0) is 12.3. The third-order valence-corrected chi connectivity index (χ3v) is 2.30. The van der Waals surface area contributed by atoms with E-state index in [1.54, 1.807) is 24.3 Å². The fourth-order valence-corrected chi connectivity index (χ4v) is 1.39. The molecule has 1 aromatic heterocycles. The number of aliphatic hydroxyl groups is 1. The number of aliphatic hydroxyl groups excluding tert-OH is 1. The van der Waals surface area contributed by atoms with Crippen LogP contribution in [-0.4, -0.2) is 22.2 Å². The van der Waals surface area contributed by atoms with Crippen LogP contribution in [0.1, 0.15) is 5.56 Å². The number of halogens is 1. The van der Waals surface area contributed by atoms with Gasteiger partial charge in [-0.3, -0.25) is 0 Å². The molecule has 0 unspecified atom stereocenters. The van der Waals surface area contributed by atoms with E-state index >= 15 is 0 Å². The van der Waals surface area contributed by atoms with Crippen LogP contribution in [0.25, 0.3) is 11.4 Å². The van der Waals surface area contributed by atoms with Crippen LogP contribution in [0.4, 0.5) is 4.39 Å². The molecule has 1 N–H and O–H groups in total. The summed E-state index contributed by atoms with van der Waals surface area (Å²) in [5.74, 6) is -0.294. The molecular weight excluding hydrogens is 223 g/mol. The van der Waals surface area contributed by atoms with Crippen LogP contribution in [0.3, 0.4) is 0 Å². The average Bonchev–Trinajstić information content (AvgIpc) is 2.39. The predicted octanol–water partition coefficient (Wildman–Crippen LogP) is 1.78. The van der Waals surface area contributed by atoms with Crippen LogP contribution in [0.2, 0.25) is 0 Å². The molecule has 0 atom stereocenters. The fourth-order valence-electron chi connectivity index (χ4n) is 1.39. The van der Waals surface area contributed by atoms with Gasteiger partial charge in [0, 0.05) is 5.56 Å². The fraction of sp³-hybridized carbons (Fsp3) is 0.167. The van der Waals surface area contributed by atoms with Gasteiger partial charge in [0.15, 0.2) is 5.82 Å². The van der Waals surface area contributed by atoms with Crippen molar-refractivity contribution in [2.24, 2.45) is 0 Å². The monoisotopic (exact) mass is 234 g/mol. The van der Waals surface area contributed by atoms with Crippen molar-refractivity contribution in [2.75, 3.05) is 7.11 Å². The zero-order valence-electron chi connectivity index (χ0n) is 9.22. The third-order valence-electron chi connectivity index (χ3n) is 2.30. The van der Waals surface area contributed by atoms with Crippen molar-refractivity contribution >= 4 is 0 Å². The van der Waals surface area contributed by atoms with Crippen molar-refractivity contribution in [3.05, 3.63) is 41.8 Å². The molecule has 2 aromatic rings. The van der Waals surface area contributed by atoms with Crippen molar-refractivity contribution < 1.29 is 14.2 Å². The lowest BCUT2D eigenvalue weighted by molar-refractivity contribution is 0.282. The number of rotatable bonds is 3. The summed E-state index contributed by atoms with van der Waals surface area (Å²) in [4.78, 5) is 7.83. The Bertz CT molecular complexity index is 514.